The highest BCUT2D eigenvalue weighted by Crippen LogP contribution is 2.29. The van der Waals surface area contributed by atoms with Crippen LogP contribution in [0.1, 0.15) is 12.5 Å². The fourth-order valence-corrected chi connectivity index (χ4v) is 1.45. The van der Waals surface area contributed by atoms with E-state index in [0.29, 0.717) is 5.75 Å². The molecule has 4 nitrogen and oxygen atoms in total. The van der Waals surface area contributed by atoms with E-state index in [0.717, 1.165) is 11.3 Å². The standard InChI is InChI=1S/C12H17NO3/c1-8-5-6-11(16-4)10(7-8)13(3)9(2)12(14)15/h5-7,9H,1-4H3,(H,14,15). The Morgan fingerprint density at radius 3 is 2.62 bits per heavy atom. The first kappa shape index (κ1) is 12.4. The third kappa shape index (κ3) is 2.45. The number of anilines is 1. The van der Waals surface area contributed by atoms with E-state index in [4.69, 9.17) is 9.84 Å². The van der Waals surface area contributed by atoms with Crippen molar-refractivity contribution in [1.29, 1.82) is 0 Å². The van der Waals surface area contributed by atoms with Gasteiger partial charge < -0.3 is 14.7 Å². The number of nitrogens with zero attached hydrogens (tertiary/aromatic N) is 1. The third-order valence-corrected chi connectivity index (χ3v) is 2.65. The highest BCUT2D eigenvalue weighted by molar-refractivity contribution is 5.78. The summed E-state index contributed by atoms with van der Waals surface area (Å²) in [4.78, 5) is 12.6. The number of carboxylic acids is 1. The van der Waals surface area contributed by atoms with Crippen molar-refractivity contribution in [2.24, 2.45) is 0 Å². The lowest BCUT2D eigenvalue weighted by molar-refractivity contribution is -0.138. The van der Waals surface area contributed by atoms with E-state index in [9.17, 15) is 4.79 Å². The van der Waals surface area contributed by atoms with Crippen molar-refractivity contribution in [2.45, 2.75) is 19.9 Å². The van der Waals surface area contributed by atoms with Crippen LogP contribution in [0.25, 0.3) is 0 Å². The molecule has 0 radical (unpaired) electrons. The molecule has 0 saturated heterocycles. The molecule has 0 aliphatic heterocycles. The Morgan fingerprint density at radius 2 is 2.12 bits per heavy atom. The van der Waals surface area contributed by atoms with Gasteiger partial charge in [0.15, 0.2) is 0 Å². The molecule has 1 aromatic rings. The SMILES string of the molecule is COc1ccc(C)cc1N(C)C(C)C(=O)O. The first-order valence-electron chi connectivity index (χ1n) is 5.07. The molecule has 88 valence electrons. The van der Waals surface area contributed by atoms with E-state index in [2.05, 4.69) is 0 Å². The Kier molecular flexibility index (Phi) is 3.77. The van der Waals surface area contributed by atoms with Crippen LogP contribution in [-0.4, -0.2) is 31.3 Å². The first-order valence-corrected chi connectivity index (χ1v) is 5.07. The number of methoxy groups -OCH3 is 1. The van der Waals surface area contributed by atoms with Gasteiger partial charge in [-0.15, -0.1) is 0 Å². The maximum absolute atomic E-state index is 10.9. The lowest BCUT2D eigenvalue weighted by Gasteiger charge is -2.25. The molecule has 16 heavy (non-hydrogen) atoms. The monoisotopic (exact) mass is 223 g/mol. The normalized spacial score (nSPS) is 12.0. The average molecular weight is 223 g/mol. The highest BCUT2D eigenvalue weighted by Gasteiger charge is 2.19. The van der Waals surface area contributed by atoms with E-state index in [1.807, 2.05) is 25.1 Å². The second-order valence-corrected chi connectivity index (χ2v) is 3.80. The van der Waals surface area contributed by atoms with E-state index < -0.39 is 12.0 Å². The van der Waals surface area contributed by atoms with Crippen LogP contribution in [0.5, 0.6) is 5.75 Å². The summed E-state index contributed by atoms with van der Waals surface area (Å²) in [6, 6.07) is 5.10. The summed E-state index contributed by atoms with van der Waals surface area (Å²) in [5, 5.41) is 8.96. The summed E-state index contributed by atoms with van der Waals surface area (Å²) in [5.74, 6) is -0.174. The minimum atomic E-state index is -0.856. The summed E-state index contributed by atoms with van der Waals surface area (Å²) in [6.07, 6.45) is 0. The highest BCUT2D eigenvalue weighted by atomic mass is 16.5. The van der Waals surface area contributed by atoms with Crippen LogP contribution < -0.4 is 9.64 Å². The maximum atomic E-state index is 10.9. The zero-order valence-electron chi connectivity index (χ0n) is 10.0. The zero-order chi connectivity index (χ0) is 12.3. The van der Waals surface area contributed by atoms with Gasteiger partial charge in [-0.1, -0.05) is 6.07 Å². The van der Waals surface area contributed by atoms with Gasteiger partial charge in [-0.05, 0) is 31.5 Å². The first-order chi connectivity index (χ1) is 7.47. The van der Waals surface area contributed by atoms with Crippen LogP contribution in [0.15, 0.2) is 18.2 Å². The molecule has 0 saturated carbocycles. The van der Waals surface area contributed by atoms with Crippen molar-refractivity contribution in [1.82, 2.24) is 0 Å². The number of benzene rings is 1. The molecule has 1 unspecified atom stereocenters. The van der Waals surface area contributed by atoms with Crippen molar-refractivity contribution in [3.05, 3.63) is 23.8 Å². The minimum absolute atomic E-state index is 0.587. The van der Waals surface area contributed by atoms with Gasteiger partial charge in [0, 0.05) is 7.05 Å². The molecule has 0 aliphatic carbocycles. The van der Waals surface area contributed by atoms with Crippen LogP contribution in [-0.2, 0) is 4.79 Å². The zero-order valence-corrected chi connectivity index (χ0v) is 10.0. The number of hydrogen-bond acceptors (Lipinski definition) is 3. The molecule has 1 rings (SSSR count). The number of carboxylic acid groups (broad SMARTS) is 1. The molecule has 0 aromatic heterocycles. The summed E-state index contributed by atoms with van der Waals surface area (Å²) in [5.41, 5.74) is 1.86. The van der Waals surface area contributed by atoms with Gasteiger partial charge in [-0.25, -0.2) is 4.79 Å². The molecule has 0 fully saturated rings. The lowest BCUT2D eigenvalue weighted by atomic mass is 10.1. The van der Waals surface area contributed by atoms with Gasteiger partial charge in [0.1, 0.15) is 11.8 Å². The number of aryl methyl sites for hydroxylation is 1. The second kappa shape index (κ2) is 4.88. The quantitative estimate of drug-likeness (QED) is 0.847. The van der Waals surface area contributed by atoms with Gasteiger partial charge in [-0.3, -0.25) is 0 Å². The summed E-state index contributed by atoms with van der Waals surface area (Å²) in [6.45, 7) is 3.60. The lowest BCUT2D eigenvalue weighted by Crippen LogP contribution is -2.36. The summed E-state index contributed by atoms with van der Waals surface area (Å²) >= 11 is 0. The average Bonchev–Trinajstić information content (AvgIpc) is 2.26. The fraction of sp³-hybridized carbons (Fsp3) is 0.417. The Hall–Kier alpha value is -1.71. The molecule has 1 aromatic carbocycles. The molecule has 0 bridgehead atoms. The second-order valence-electron chi connectivity index (χ2n) is 3.80. The van der Waals surface area contributed by atoms with Crippen molar-refractivity contribution >= 4 is 11.7 Å². The van der Waals surface area contributed by atoms with Gasteiger partial charge >= 0.3 is 5.97 Å². The van der Waals surface area contributed by atoms with Crippen molar-refractivity contribution in [3.8, 4) is 5.75 Å². The molecule has 0 amide bonds. The van der Waals surface area contributed by atoms with Gasteiger partial charge in [0.05, 0.1) is 12.8 Å². The molecule has 1 N–H and O–H groups in total. The number of likely N-dealkylation sites (N-methyl/N-ethyl adjacent to an activating group) is 1. The van der Waals surface area contributed by atoms with Crippen molar-refractivity contribution < 1.29 is 14.6 Å². The van der Waals surface area contributed by atoms with Crippen LogP contribution in [0.2, 0.25) is 0 Å². The minimum Gasteiger partial charge on any atom is -0.495 e. The largest absolute Gasteiger partial charge is 0.495 e. The van der Waals surface area contributed by atoms with Crippen LogP contribution in [0.3, 0.4) is 0 Å². The third-order valence-electron chi connectivity index (χ3n) is 2.65. The molecule has 0 spiro atoms. The molecule has 1 atom stereocenters. The maximum Gasteiger partial charge on any atom is 0.326 e. The van der Waals surface area contributed by atoms with Crippen molar-refractivity contribution in [2.75, 3.05) is 19.1 Å². The van der Waals surface area contributed by atoms with Crippen molar-refractivity contribution in [3.63, 3.8) is 0 Å². The predicted octanol–water partition coefficient (Wildman–Crippen LogP) is 1.91. The summed E-state index contributed by atoms with van der Waals surface area (Å²) in [7, 11) is 3.32. The molecule has 4 heteroatoms. The molecule has 0 aliphatic rings. The van der Waals surface area contributed by atoms with Gasteiger partial charge in [0.25, 0.3) is 0 Å². The topological polar surface area (TPSA) is 49.8 Å². The molecular weight excluding hydrogens is 206 g/mol. The van der Waals surface area contributed by atoms with E-state index in [1.165, 1.54) is 0 Å². The van der Waals surface area contributed by atoms with Crippen LogP contribution >= 0.6 is 0 Å². The van der Waals surface area contributed by atoms with Gasteiger partial charge in [-0.2, -0.15) is 0 Å². The van der Waals surface area contributed by atoms with E-state index in [1.54, 1.807) is 26.0 Å². The number of rotatable bonds is 4. The van der Waals surface area contributed by atoms with E-state index in [-0.39, 0.29) is 0 Å². The Balaban J connectivity index is 3.10. The Bertz CT molecular complexity index is 390. The Labute approximate surface area is 95.5 Å². The number of ether oxygens (including phenoxy) is 1. The van der Waals surface area contributed by atoms with Crippen LogP contribution in [0.4, 0.5) is 5.69 Å². The number of aliphatic carboxylic acids is 1. The number of carbonyl (C=O) groups is 1. The smallest absolute Gasteiger partial charge is 0.326 e. The molecule has 0 heterocycles. The predicted molar refractivity (Wildman–Crippen MR) is 63.2 cm³/mol. The summed E-state index contributed by atoms with van der Waals surface area (Å²) < 4.78 is 5.22. The van der Waals surface area contributed by atoms with E-state index >= 15 is 0 Å². The van der Waals surface area contributed by atoms with Gasteiger partial charge in [0.2, 0.25) is 0 Å². The fourth-order valence-electron chi connectivity index (χ4n) is 1.45. The van der Waals surface area contributed by atoms with Crippen LogP contribution in [0, 0.1) is 6.92 Å². The number of hydrogen-bond donors (Lipinski definition) is 1. The molecular formula is C12H17NO3. The Morgan fingerprint density at radius 1 is 1.50 bits per heavy atom.